The molecule has 1 aliphatic heterocycles. The lowest BCUT2D eigenvalue weighted by molar-refractivity contribution is -0.0399. The molecule has 1 unspecified atom stereocenters. The molecule has 1 aromatic carbocycles. The average Bonchev–Trinajstić information content (AvgIpc) is 2.96. The Kier molecular flexibility index (Phi) is 5.15. The maximum atomic E-state index is 5.73. The highest BCUT2D eigenvalue weighted by molar-refractivity contribution is 7.71. The van der Waals surface area contributed by atoms with Gasteiger partial charge in [0.15, 0.2) is 4.77 Å². The zero-order valence-electron chi connectivity index (χ0n) is 13.6. The molecule has 0 aliphatic carbocycles. The summed E-state index contributed by atoms with van der Waals surface area (Å²) in [5, 5.41) is 0. The van der Waals surface area contributed by atoms with Gasteiger partial charge in [-0.15, -0.1) is 0 Å². The molecular weight excluding hydrogens is 310 g/mol. The lowest BCUT2D eigenvalue weighted by Gasteiger charge is -2.32. The van der Waals surface area contributed by atoms with E-state index >= 15 is 0 Å². The molecule has 1 aromatic heterocycles. The van der Waals surface area contributed by atoms with E-state index in [-0.39, 0.29) is 0 Å². The molecule has 124 valence electrons. The Morgan fingerprint density at radius 1 is 1.26 bits per heavy atom. The van der Waals surface area contributed by atoms with Gasteiger partial charge in [-0.1, -0.05) is 6.92 Å². The van der Waals surface area contributed by atoms with Crippen molar-refractivity contribution in [2.24, 2.45) is 0 Å². The highest BCUT2D eigenvalue weighted by Gasteiger charge is 2.19. The third-order valence-corrected chi connectivity index (χ3v) is 4.66. The quantitative estimate of drug-likeness (QED) is 0.787. The van der Waals surface area contributed by atoms with E-state index in [1.807, 2.05) is 41.2 Å². The Balaban J connectivity index is 1.75. The molecule has 1 saturated heterocycles. The predicted molar refractivity (Wildman–Crippen MR) is 92.7 cm³/mol. The van der Waals surface area contributed by atoms with Crippen LogP contribution in [0.2, 0.25) is 0 Å². The fourth-order valence-electron chi connectivity index (χ4n) is 2.83. The minimum Gasteiger partial charge on any atom is -0.497 e. The summed E-state index contributed by atoms with van der Waals surface area (Å²) in [5.74, 6) is 0.846. The normalized spacial score (nSPS) is 19.0. The number of morpholine rings is 1. The molecule has 1 atom stereocenters. The van der Waals surface area contributed by atoms with Gasteiger partial charge in [0.05, 0.1) is 26.5 Å². The average molecular weight is 333 g/mol. The number of benzene rings is 1. The van der Waals surface area contributed by atoms with E-state index < -0.39 is 0 Å². The van der Waals surface area contributed by atoms with E-state index in [0.717, 1.165) is 49.0 Å². The van der Waals surface area contributed by atoms with Crippen molar-refractivity contribution in [2.45, 2.75) is 26.1 Å². The number of nitrogens with zero attached hydrogens (tertiary/aromatic N) is 3. The number of ether oxygens (including phenoxy) is 2. The number of methoxy groups -OCH3 is 1. The van der Waals surface area contributed by atoms with Crippen LogP contribution in [0, 0.1) is 4.77 Å². The van der Waals surface area contributed by atoms with Gasteiger partial charge in [-0.3, -0.25) is 9.47 Å². The number of hydrogen-bond donors (Lipinski definition) is 0. The van der Waals surface area contributed by atoms with Crippen molar-refractivity contribution in [2.75, 3.05) is 26.8 Å². The highest BCUT2D eigenvalue weighted by atomic mass is 32.1. The van der Waals surface area contributed by atoms with Crippen LogP contribution in [0.4, 0.5) is 0 Å². The van der Waals surface area contributed by atoms with E-state index in [4.69, 9.17) is 21.7 Å². The van der Waals surface area contributed by atoms with Crippen molar-refractivity contribution in [3.05, 3.63) is 41.4 Å². The van der Waals surface area contributed by atoms with Crippen molar-refractivity contribution >= 4 is 12.2 Å². The molecule has 0 radical (unpaired) electrons. The van der Waals surface area contributed by atoms with Gasteiger partial charge in [-0.25, -0.2) is 0 Å². The number of aromatic nitrogens is 2. The second-order valence-corrected chi connectivity index (χ2v) is 6.10. The molecule has 6 heteroatoms. The maximum Gasteiger partial charge on any atom is 0.185 e. The van der Waals surface area contributed by atoms with Crippen LogP contribution in [0.5, 0.6) is 5.75 Å². The molecule has 5 nitrogen and oxygen atoms in total. The summed E-state index contributed by atoms with van der Waals surface area (Å²) in [6, 6.07) is 7.92. The summed E-state index contributed by atoms with van der Waals surface area (Å²) in [6.07, 6.45) is 5.45. The molecule has 0 spiro atoms. The summed E-state index contributed by atoms with van der Waals surface area (Å²) in [5.41, 5.74) is 1.04. The second-order valence-electron chi connectivity index (χ2n) is 5.74. The summed E-state index contributed by atoms with van der Waals surface area (Å²) in [6.45, 7) is 5.69. The molecule has 1 fully saturated rings. The smallest absolute Gasteiger partial charge is 0.185 e. The number of rotatable bonds is 5. The van der Waals surface area contributed by atoms with Gasteiger partial charge in [0.25, 0.3) is 0 Å². The third-order valence-electron chi connectivity index (χ3n) is 4.23. The summed E-state index contributed by atoms with van der Waals surface area (Å²) < 4.78 is 15.9. The van der Waals surface area contributed by atoms with Crippen LogP contribution in [-0.4, -0.2) is 46.9 Å². The van der Waals surface area contributed by atoms with E-state index in [1.54, 1.807) is 7.11 Å². The Bertz CT molecular complexity index is 693. The summed E-state index contributed by atoms with van der Waals surface area (Å²) >= 11 is 5.63. The van der Waals surface area contributed by atoms with Gasteiger partial charge in [0.1, 0.15) is 5.75 Å². The molecule has 1 aliphatic rings. The van der Waals surface area contributed by atoms with Crippen LogP contribution < -0.4 is 4.74 Å². The van der Waals surface area contributed by atoms with Gasteiger partial charge in [0.2, 0.25) is 0 Å². The highest BCUT2D eigenvalue weighted by Crippen LogP contribution is 2.16. The molecule has 3 rings (SSSR count). The first-order chi connectivity index (χ1) is 11.2. The van der Waals surface area contributed by atoms with E-state index in [9.17, 15) is 0 Å². The van der Waals surface area contributed by atoms with E-state index in [2.05, 4.69) is 16.4 Å². The number of imidazole rings is 1. The molecule has 2 heterocycles. The zero-order valence-corrected chi connectivity index (χ0v) is 14.5. The fraction of sp³-hybridized carbons (Fsp3) is 0.471. The molecule has 0 amide bonds. The summed E-state index contributed by atoms with van der Waals surface area (Å²) in [4.78, 5) is 2.39. The standard InChI is InChI=1S/C17H23N3O2S/c1-3-15-12-18(10-11-22-15)13-19-8-9-20(17(19)23)14-4-6-16(21-2)7-5-14/h4-9,15H,3,10-13H2,1-2H3. The molecular formula is C17H23N3O2S. The van der Waals surface area contributed by atoms with Crippen molar-refractivity contribution in [3.8, 4) is 11.4 Å². The van der Waals surface area contributed by atoms with E-state index in [0.29, 0.717) is 6.10 Å². The van der Waals surface area contributed by atoms with Crippen LogP contribution in [-0.2, 0) is 11.4 Å². The Labute approximate surface area is 142 Å². The van der Waals surface area contributed by atoms with Crippen LogP contribution in [0.15, 0.2) is 36.7 Å². The first-order valence-corrected chi connectivity index (χ1v) is 8.38. The lowest BCUT2D eigenvalue weighted by atomic mass is 10.2. The molecule has 2 aromatic rings. The maximum absolute atomic E-state index is 5.73. The van der Waals surface area contributed by atoms with Crippen molar-refractivity contribution < 1.29 is 9.47 Å². The van der Waals surface area contributed by atoms with Gasteiger partial charge in [-0.05, 0) is 42.9 Å². The predicted octanol–water partition coefficient (Wildman–Crippen LogP) is 3.09. The largest absolute Gasteiger partial charge is 0.497 e. The molecule has 0 N–H and O–H groups in total. The molecule has 0 saturated carbocycles. The van der Waals surface area contributed by atoms with Crippen molar-refractivity contribution in [1.29, 1.82) is 0 Å². The Morgan fingerprint density at radius 2 is 2.04 bits per heavy atom. The van der Waals surface area contributed by atoms with Crippen LogP contribution >= 0.6 is 12.2 Å². The van der Waals surface area contributed by atoms with Gasteiger partial charge in [-0.2, -0.15) is 0 Å². The van der Waals surface area contributed by atoms with Gasteiger partial charge in [0, 0.05) is 31.2 Å². The van der Waals surface area contributed by atoms with E-state index in [1.165, 1.54) is 0 Å². The SMILES string of the molecule is CCC1CN(Cn2ccn(-c3ccc(OC)cc3)c2=S)CCO1. The first kappa shape index (κ1) is 16.2. The Morgan fingerprint density at radius 3 is 2.74 bits per heavy atom. The minimum absolute atomic E-state index is 0.335. The van der Waals surface area contributed by atoms with Crippen molar-refractivity contribution in [1.82, 2.24) is 14.0 Å². The monoisotopic (exact) mass is 333 g/mol. The third kappa shape index (κ3) is 3.65. The van der Waals surface area contributed by atoms with Crippen molar-refractivity contribution in [3.63, 3.8) is 0 Å². The molecule has 23 heavy (non-hydrogen) atoms. The lowest BCUT2D eigenvalue weighted by Crippen LogP contribution is -2.42. The van der Waals surface area contributed by atoms with Crippen LogP contribution in [0.25, 0.3) is 5.69 Å². The zero-order chi connectivity index (χ0) is 16.2. The molecule has 0 bridgehead atoms. The second kappa shape index (κ2) is 7.29. The summed E-state index contributed by atoms with van der Waals surface area (Å²) in [7, 11) is 1.67. The van der Waals surface area contributed by atoms with Crippen LogP contribution in [0.1, 0.15) is 13.3 Å². The van der Waals surface area contributed by atoms with Crippen LogP contribution in [0.3, 0.4) is 0 Å². The Hall–Kier alpha value is -1.63. The van der Waals surface area contributed by atoms with Gasteiger partial charge < -0.3 is 14.0 Å². The first-order valence-electron chi connectivity index (χ1n) is 7.97. The topological polar surface area (TPSA) is 31.6 Å². The van der Waals surface area contributed by atoms with Gasteiger partial charge >= 0.3 is 0 Å². The minimum atomic E-state index is 0.335. The fourth-order valence-corrected chi connectivity index (χ4v) is 3.12. The number of hydrogen-bond acceptors (Lipinski definition) is 4.